The van der Waals surface area contributed by atoms with Gasteiger partial charge in [-0.05, 0) is 6.92 Å². The van der Waals surface area contributed by atoms with E-state index in [1.54, 1.807) is 6.92 Å². The van der Waals surface area contributed by atoms with Crippen LogP contribution >= 0.6 is 0 Å². The van der Waals surface area contributed by atoms with Gasteiger partial charge in [0.1, 0.15) is 6.26 Å². The molecule has 2 heterocycles. The van der Waals surface area contributed by atoms with E-state index in [4.69, 9.17) is 4.42 Å². The molecule has 1 saturated heterocycles. The molecule has 1 aliphatic rings. The number of aryl methyl sites for hydroxylation is 1. The number of amides is 2. The van der Waals surface area contributed by atoms with E-state index in [0.29, 0.717) is 12.2 Å². The van der Waals surface area contributed by atoms with Crippen molar-refractivity contribution in [2.45, 2.75) is 13.3 Å². The summed E-state index contributed by atoms with van der Waals surface area (Å²) in [7, 11) is 0. The van der Waals surface area contributed by atoms with Gasteiger partial charge in [0.25, 0.3) is 0 Å². The molecule has 2 N–H and O–H groups in total. The molecule has 0 aromatic carbocycles. The fourth-order valence-electron chi connectivity index (χ4n) is 1.41. The highest BCUT2D eigenvalue weighted by Gasteiger charge is 2.28. The van der Waals surface area contributed by atoms with Crippen molar-refractivity contribution in [2.75, 3.05) is 11.9 Å². The Hall–Kier alpha value is -1.85. The van der Waals surface area contributed by atoms with Gasteiger partial charge < -0.3 is 9.73 Å². The number of anilines is 1. The maximum atomic E-state index is 11.6. The molecule has 6 heteroatoms. The molecule has 0 bridgehead atoms. The minimum Gasteiger partial charge on any atom is -0.432 e. The number of nitrogens with one attached hydrogen (secondary N) is 2. The van der Waals surface area contributed by atoms with E-state index in [1.807, 2.05) is 0 Å². The Labute approximate surface area is 86.1 Å². The lowest BCUT2D eigenvalue weighted by Crippen LogP contribution is -2.24. The maximum Gasteiger partial charge on any atom is 0.301 e. The van der Waals surface area contributed by atoms with Gasteiger partial charge in [-0.1, -0.05) is 0 Å². The van der Waals surface area contributed by atoms with Crippen LogP contribution < -0.4 is 10.6 Å². The molecule has 2 amide bonds. The molecule has 1 atom stereocenters. The van der Waals surface area contributed by atoms with Crippen molar-refractivity contribution in [2.24, 2.45) is 5.92 Å². The Morgan fingerprint density at radius 2 is 2.53 bits per heavy atom. The summed E-state index contributed by atoms with van der Waals surface area (Å²) in [5.41, 5.74) is 0.700. The standard InChI is InChI=1S/C9H11N3O3/c1-5-4-15-9(11-5)12-8(14)6-2-7(13)10-3-6/h4,6H,2-3H2,1H3,(H,10,13)(H,11,12,14). The van der Waals surface area contributed by atoms with Crippen LogP contribution in [0.25, 0.3) is 0 Å². The molecule has 1 fully saturated rings. The number of carbonyl (C=O) groups is 2. The van der Waals surface area contributed by atoms with Crippen LogP contribution in [0.3, 0.4) is 0 Å². The number of oxazole rings is 1. The zero-order valence-corrected chi connectivity index (χ0v) is 8.24. The minimum atomic E-state index is -0.329. The summed E-state index contributed by atoms with van der Waals surface area (Å²) in [6.07, 6.45) is 1.68. The van der Waals surface area contributed by atoms with Crippen LogP contribution in [0.1, 0.15) is 12.1 Å². The molecule has 6 nitrogen and oxygen atoms in total. The summed E-state index contributed by atoms with van der Waals surface area (Å²) in [6, 6.07) is 0.178. The average Bonchev–Trinajstić information content (AvgIpc) is 2.75. The van der Waals surface area contributed by atoms with Gasteiger partial charge in [-0.2, -0.15) is 4.98 Å². The molecule has 0 radical (unpaired) electrons. The average molecular weight is 209 g/mol. The summed E-state index contributed by atoms with van der Waals surface area (Å²) < 4.78 is 4.97. The van der Waals surface area contributed by atoms with Gasteiger partial charge in [0.05, 0.1) is 11.6 Å². The van der Waals surface area contributed by atoms with Crippen LogP contribution in [-0.4, -0.2) is 23.3 Å². The molecule has 0 aliphatic carbocycles. The molecular formula is C9H11N3O3. The van der Waals surface area contributed by atoms with Crippen molar-refractivity contribution in [3.8, 4) is 0 Å². The van der Waals surface area contributed by atoms with Gasteiger partial charge in [-0.15, -0.1) is 0 Å². The Balaban J connectivity index is 1.95. The molecular weight excluding hydrogens is 198 g/mol. The van der Waals surface area contributed by atoms with E-state index in [1.165, 1.54) is 6.26 Å². The van der Waals surface area contributed by atoms with E-state index in [9.17, 15) is 9.59 Å². The predicted molar refractivity (Wildman–Crippen MR) is 51.0 cm³/mol. The molecule has 0 saturated carbocycles. The van der Waals surface area contributed by atoms with Crippen molar-refractivity contribution in [1.29, 1.82) is 0 Å². The van der Waals surface area contributed by atoms with Crippen LogP contribution in [0.5, 0.6) is 0 Å². The lowest BCUT2D eigenvalue weighted by atomic mass is 10.1. The van der Waals surface area contributed by atoms with Crippen molar-refractivity contribution < 1.29 is 14.0 Å². The number of carbonyl (C=O) groups excluding carboxylic acids is 2. The monoisotopic (exact) mass is 209 g/mol. The normalized spacial score (nSPS) is 20.1. The summed E-state index contributed by atoms with van der Waals surface area (Å²) in [5.74, 6) is -0.668. The van der Waals surface area contributed by atoms with E-state index in [0.717, 1.165) is 0 Å². The highest BCUT2D eigenvalue weighted by atomic mass is 16.4. The SMILES string of the molecule is Cc1coc(NC(=O)C2CNC(=O)C2)n1. The number of rotatable bonds is 2. The molecule has 1 aromatic heterocycles. The Kier molecular flexibility index (Phi) is 2.40. The number of hydrogen-bond donors (Lipinski definition) is 2. The summed E-state index contributed by atoms with van der Waals surface area (Å²) >= 11 is 0. The van der Waals surface area contributed by atoms with E-state index < -0.39 is 0 Å². The van der Waals surface area contributed by atoms with Crippen molar-refractivity contribution in [1.82, 2.24) is 10.3 Å². The highest BCUT2D eigenvalue weighted by molar-refractivity contribution is 5.95. The topological polar surface area (TPSA) is 84.2 Å². The van der Waals surface area contributed by atoms with Crippen LogP contribution in [0.4, 0.5) is 6.01 Å². The maximum absolute atomic E-state index is 11.6. The van der Waals surface area contributed by atoms with Gasteiger partial charge in [-0.3, -0.25) is 14.9 Å². The first-order valence-corrected chi connectivity index (χ1v) is 4.65. The number of hydrogen-bond acceptors (Lipinski definition) is 4. The number of nitrogens with zero attached hydrogens (tertiary/aromatic N) is 1. The molecule has 1 unspecified atom stereocenters. The van der Waals surface area contributed by atoms with Gasteiger partial charge in [0.15, 0.2) is 0 Å². The third-order valence-electron chi connectivity index (χ3n) is 2.20. The lowest BCUT2D eigenvalue weighted by molar-refractivity contribution is -0.123. The largest absolute Gasteiger partial charge is 0.432 e. The molecule has 15 heavy (non-hydrogen) atoms. The van der Waals surface area contributed by atoms with Crippen LogP contribution in [0.2, 0.25) is 0 Å². The summed E-state index contributed by atoms with van der Waals surface area (Å²) in [6.45, 7) is 2.14. The third kappa shape index (κ3) is 2.15. The molecule has 80 valence electrons. The Morgan fingerprint density at radius 1 is 1.73 bits per heavy atom. The summed E-state index contributed by atoms with van der Waals surface area (Å²) in [4.78, 5) is 26.4. The molecule has 2 rings (SSSR count). The molecule has 1 aromatic rings. The van der Waals surface area contributed by atoms with Crippen molar-refractivity contribution >= 4 is 17.8 Å². The molecule has 1 aliphatic heterocycles. The first-order chi connectivity index (χ1) is 7.15. The second-order valence-electron chi connectivity index (χ2n) is 3.49. The van der Waals surface area contributed by atoms with Gasteiger partial charge >= 0.3 is 6.01 Å². The Bertz CT molecular complexity index is 399. The fourth-order valence-corrected chi connectivity index (χ4v) is 1.41. The Morgan fingerprint density at radius 3 is 3.07 bits per heavy atom. The molecule has 0 spiro atoms. The fraction of sp³-hybridized carbons (Fsp3) is 0.444. The number of aromatic nitrogens is 1. The first-order valence-electron chi connectivity index (χ1n) is 4.65. The summed E-state index contributed by atoms with van der Waals surface area (Å²) in [5, 5.41) is 5.11. The highest BCUT2D eigenvalue weighted by Crippen LogP contribution is 2.13. The zero-order chi connectivity index (χ0) is 10.8. The first kappa shape index (κ1) is 9.70. The smallest absolute Gasteiger partial charge is 0.301 e. The van der Waals surface area contributed by atoms with Gasteiger partial charge in [-0.25, -0.2) is 0 Å². The van der Waals surface area contributed by atoms with Gasteiger partial charge in [0.2, 0.25) is 11.8 Å². The van der Waals surface area contributed by atoms with Crippen LogP contribution in [0, 0.1) is 12.8 Å². The second kappa shape index (κ2) is 3.72. The van der Waals surface area contributed by atoms with E-state index in [-0.39, 0.29) is 30.2 Å². The van der Waals surface area contributed by atoms with E-state index >= 15 is 0 Å². The lowest BCUT2D eigenvalue weighted by Gasteiger charge is -2.04. The third-order valence-corrected chi connectivity index (χ3v) is 2.20. The minimum absolute atomic E-state index is 0.0984. The quantitative estimate of drug-likeness (QED) is 0.721. The van der Waals surface area contributed by atoms with E-state index in [2.05, 4.69) is 15.6 Å². The second-order valence-corrected chi connectivity index (χ2v) is 3.49. The van der Waals surface area contributed by atoms with Crippen molar-refractivity contribution in [3.05, 3.63) is 12.0 Å². The predicted octanol–water partition coefficient (Wildman–Crippen LogP) is 0.0576. The zero-order valence-electron chi connectivity index (χ0n) is 8.24. The van der Waals surface area contributed by atoms with Crippen LogP contribution in [0.15, 0.2) is 10.7 Å². The van der Waals surface area contributed by atoms with Crippen LogP contribution in [-0.2, 0) is 9.59 Å². The van der Waals surface area contributed by atoms with Crippen molar-refractivity contribution in [3.63, 3.8) is 0 Å². The van der Waals surface area contributed by atoms with Gasteiger partial charge in [0, 0.05) is 13.0 Å².